The van der Waals surface area contributed by atoms with Crippen LogP contribution in [0.5, 0.6) is 11.5 Å². The molecule has 5 heteroatoms. The molecule has 4 aromatic rings. The first kappa shape index (κ1) is 21.6. The molecule has 0 aliphatic heterocycles. The van der Waals surface area contributed by atoms with Crippen molar-refractivity contribution in [2.75, 3.05) is 13.7 Å². The van der Waals surface area contributed by atoms with Crippen LogP contribution in [0.25, 0.3) is 22.3 Å². The molecular formula is C27H28N2O3. The summed E-state index contributed by atoms with van der Waals surface area (Å²) in [6, 6.07) is 23.3. The van der Waals surface area contributed by atoms with Gasteiger partial charge < -0.3 is 9.47 Å². The first-order chi connectivity index (χ1) is 15.7. The van der Waals surface area contributed by atoms with Crippen LogP contribution in [0.1, 0.15) is 25.3 Å². The molecule has 164 valence electrons. The van der Waals surface area contributed by atoms with Crippen molar-refractivity contribution >= 4 is 10.9 Å². The number of hydrogen-bond donors (Lipinski definition) is 0. The monoisotopic (exact) mass is 428 g/mol. The van der Waals surface area contributed by atoms with Crippen LogP contribution < -0.4 is 15.0 Å². The lowest BCUT2D eigenvalue weighted by Gasteiger charge is -2.15. The topological polar surface area (TPSA) is 53.4 Å². The van der Waals surface area contributed by atoms with Crippen LogP contribution >= 0.6 is 0 Å². The smallest absolute Gasteiger partial charge is 0.261 e. The molecule has 32 heavy (non-hydrogen) atoms. The Balaban J connectivity index is 1.54. The zero-order chi connectivity index (χ0) is 22.3. The number of benzene rings is 3. The Hall–Kier alpha value is -3.60. The molecule has 1 aromatic heterocycles. The Labute approximate surface area is 188 Å². The second-order valence-electron chi connectivity index (χ2n) is 7.65. The van der Waals surface area contributed by atoms with Gasteiger partial charge in [-0.25, -0.2) is 4.98 Å². The van der Waals surface area contributed by atoms with Gasteiger partial charge in [0.05, 0.1) is 24.6 Å². The first-order valence-corrected chi connectivity index (χ1v) is 11.1. The third-order valence-electron chi connectivity index (χ3n) is 5.60. The van der Waals surface area contributed by atoms with Crippen molar-refractivity contribution in [1.29, 1.82) is 0 Å². The van der Waals surface area contributed by atoms with Crippen molar-refractivity contribution in [3.05, 3.63) is 88.7 Å². The summed E-state index contributed by atoms with van der Waals surface area (Å²) in [7, 11) is 1.64. The van der Waals surface area contributed by atoms with Crippen LogP contribution in [0, 0.1) is 0 Å². The normalized spacial score (nSPS) is 10.9. The summed E-state index contributed by atoms with van der Waals surface area (Å²) in [6.07, 6.45) is 2.61. The number of aromatic nitrogens is 2. The summed E-state index contributed by atoms with van der Waals surface area (Å²) < 4.78 is 13.0. The number of aryl methyl sites for hydroxylation is 1. The molecule has 0 unspecified atom stereocenters. The number of fused-ring (bicyclic) bond motifs is 1. The van der Waals surface area contributed by atoms with Gasteiger partial charge in [-0.05, 0) is 67.3 Å². The average Bonchev–Trinajstić information content (AvgIpc) is 2.85. The summed E-state index contributed by atoms with van der Waals surface area (Å²) in [5.74, 6) is 2.39. The van der Waals surface area contributed by atoms with E-state index in [1.165, 1.54) is 5.56 Å². The zero-order valence-electron chi connectivity index (χ0n) is 18.6. The summed E-state index contributed by atoms with van der Waals surface area (Å²) >= 11 is 0. The molecule has 0 radical (unpaired) electrons. The molecule has 0 saturated carbocycles. The summed E-state index contributed by atoms with van der Waals surface area (Å²) in [5.41, 5.74) is 2.80. The minimum Gasteiger partial charge on any atom is -0.497 e. The molecule has 0 aliphatic carbocycles. The predicted octanol–water partition coefficient (Wildman–Crippen LogP) is 5.49. The number of rotatable bonds is 9. The zero-order valence-corrected chi connectivity index (χ0v) is 18.6. The van der Waals surface area contributed by atoms with Crippen molar-refractivity contribution in [2.24, 2.45) is 0 Å². The lowest BCUT2D eigenvalue weighted by atomic mass is 10.1. The van der Waals surface area contributed by atoms with Gasteiger partial charge >= 0.3 is 0 Å². The minimum atomic E-state index is -0.0151. The Morgan fingerprint density at radius 3 is 2.44 bits per heavy atom. The standard InChI is InChI=1S/C27H28N2O3/c1-3-20-10-4-7-13-25(20)32-19-9-8-18-29-26(21-14-16-22(31-2)17-15-21)28-24-12-6-5-11-23(24)27(29)30/h4-7,10-17H,3,8-9,18-19H2,1-2H3. The number of ether oxygens (including phenoxy) is 2. The van der Waals surface area contributed by atoms with Gasteiger partial charge in [0.25, 0.3) is 5.56 Å². The van der Waals surface area contributed by atoms with E-state index in [0.29, 0.717) is 29.9 Å². The molecule has 0 bridgehead atoms. The van der Waals surface area contributed by atoms with Crippen LogP contribution in [-0.4, -0.2) is 23.3 Å². The van der Waals surface area contributed by atoms with E-state index in [1.807, 2.05) is 66.7 Å². The Kier molecular flexibility index (Phi) is 6.85. The van der Waals surface area contributed by atoms with Crippen LogP contribution in [0.3, 0.4) is 0 Å². The summed E-state index contributed by atoms with van der Waals surface area (Å²) in [4.78, 5) is 18.1. The van der Waals surface area contributed by atoms with Crippen LogP contribution in [0.4, 0.5) is 0 Å². The number of para-hydroxylation sites is 2. The second-order valence-corrected chi connectivity index (χ2v) is 7.65. The molecule has 5 nitrogen and oxygen atoms in total. The fraction of sp³-hybridized carbons (Fsp3) is 0.259. The molecule has 0 N–H and O–H groups in total. The highest BCUT2D eigenvalue weighted by molar-refractivity contribution is 5.79. The molecule has 0 saturated heterocycles. The second kappa shape index (κ2) is 10.1. The van der Waals surface area contributed by atoms with E-state index < -0.39 is 0 Å². The fourth-order valence-corrected chi connectivity index (χ4v) is 3.83. The SMILES string of the molecule is CCc1ccccc1OCCCCn1c(-c2ccc(OC)cc2)nc2ccccc2c1=O. The third-order valence-corrected chi connectivity index (χ3v) is 5.60. The quantitative estimate of drug-likeness (QED) is 0.331. The lowest BCUT2D eigenvalue weighted by molar-refractivity contribution is 0.300. The summed E-state index contributed by atoms with van der Waals surface area (Å²) in [5, 5.41) is 0.637. The van der Waals surface area contributed by atoms with Crippen molar-refractivity contribution in [1.82, 2.24) is 9.55 Å². The van der Waals surface area contributed by atoms with Gasteiger partial charge in [-0.3, -0.25) is 9.36 Å². The van der Waals surface area contributed by atoms with Crippen molar-refractivity contribution < 1.29 is 9.47 Å². The molecule has 0 fully saturated rings. The van der Waals surface area contributed by atoms with Gasteiger partial charge in [-0.2, -0.15) is 0 Å². The maximum absolute atomic E-state index is 13.3. The minimum absolute atomic E-state index is 0.0151. The van der Waals surface area contributed by atoms with E-state index in [0.717, 1.165) is 36.3 Å². The third kappa shape index (κ3) is 4.67. The van der Waals surface area contributed by atoms with Crippen LogP contribution in [0.15, 0.2) is 77.6 Å². The van der Waals surface area contributed by atoms with Crippen molar-refractivity contribution in [2.45, 2.75) is 32.7 Å². The highest BCUT2D eigenvalue weighted by atomic mass is 16.5. The molecule has 0 atom stereocenters. The van der Waals surface area contributed by atoms with Gasteiger partial charge in [0.15, 0.2) is 0 Å². The van der Waals surface area contributed by atoms with E-state index >= 15 is 0 Å². The van der Waals surface area contributed by atoms with E-state index in [1.54, 1.807) is 11.7 Å². The first-order valence-electron chi connectivity index (χ1n) is 11.1. The maximum Gasteiger partial charge on any atom is 0.261 e. The van der Waals surface area contributed by atoms with Crippen molar-refractivity contribution in [3.63, 3.8) is 0 Å². The lowest BCUT2D eigenvalue weighted by Crippen LogP contribution is -2.24. The number of nitrogens with zero attached hydrogens (tertiary/aromatic N) is 2. The van der Waals surface area contributed by atoms with Crippen LogP contribution in [0.2, 0.25) is 0 Å². The predicted molar refractivity (Wildman–Crippen MR) is 129 cm³/mol. The Morgan fingerprint density at radius 1 is 0.906 bits per heavy atom. The maximum atomic E-state index is 13.3. The van der Waals surface area contributed by atoms with Gasteiger partial charge in [0.1, 0.15) is 17.3 Å². The highest BCUT2D eigenvalue weighted by Crippen LogP contribution is 2.23. The van der Waals surface area contributed by atoms with Crippen molar-refractivity contribution in [3.8, 4) is 22.9 Å². The molecule has 0 aliphatic rings. The molecule has 3 aromatic carbocycles. The largest absolute Gasteiger partial charge is 0.497 e. The van der Waals surface area contributed by atoms with E-state index in [9.17, 15) is 4.79 Å². The fourth-order valence-electron chi connectivity index (χ4n) is 3.83. The van der Waals surface area contributed by atoms with Gasteiger partial charge in [-0.1, -0.05) is 37.3 Å². The van der Waals surface area contributed by atoms with Gasteiger partial charge in [-0.15, -0.1) is 0 Å². The van der Waals surface area contributed by atoms with Gasteiger partial charge in [0, 0.05) is 12.1 Å². The van der Waals surface area contributed by atoms with Crippen LogP contribution in [-0.2, 0) is 13.0 Å². The van der Waals surface area contributed by atoms with E-state index in [2.05, 4.69) is 13.0 Å². The average molecular weight is 429 g/mol. The van der Waals surface area contributed by atoms with Gasteiger partial charge in [0.2, 0.25) is 0 Å². The molecular weight excluding hydrogens is 400 g/mol. The van der Waals surface area contributed by atoms with E-state index in [-0.39, 0.29) is 5.56 Å². The molecule has 0 spiro atoms. The summed E-state index contributed by atoms with van der Waals surface area (Å²) in [6.45, 7) is 3.32. The van der Waals surface area contributed by atoms with E-state index in [4.69, 9.17) is 14.5 Å². The Morgan fingerprint density at radius 2 is 1.66 bits per heavy atom. The highest BCUT2D eigenvalue weighted by Gasteiger charge is 2.13. The number of unbranched alkanes of at least 4 members (excludes halogenated alkanes) is 1. The number of methoxy groups -OCH3 is 1. The molecule has 1 heterocycles. The molecule has 0 amide bonds. The number of hydrogen-bond acceptors (Lipinski definition) is 4. The molecule has 4 rings (SSSR count). The Bertz CT molecular complexity index is 1250.